The summed E-state index contributed by atoms with van der Waals surface area (Å²) < 4.78 is 24.3. The molecular weight excluding hydrogens is 580 g/mol. The van der Waals surface area contributed by atoms with Gasteiger partial charge in [-0.15, -0.1) is 12.4 Å². The molecule has 0 saturated heterocycles. The van der Waals surface area contributed by atoms with Gasteiger partial charge in [0, 0.05) is 24.2 Å². The molecule has 230 valence electrons. The molecule has 4 heterocycles. The van der Waals surface area contributed by atoms with E-state index in [1.54, 1.807) is 20.3 Å². The van der Waals surface area contributed by atoms with Crippen LogP contribution in [0.2, 0.25) is 0 Å². The maximum absolute atomic E-state index is 11.5. The number of phenolic OH excluding ortho intramolecular Hbond substituents is 2. The normalized spacial score (nSPS) is 18.9. The summed E-state index contributed by atoms with van der Waals surface area (Å²) >= 11 is 0. The molecule has 0 saturated carbocycles. The summed E-state index contributed by atoms with van der Waals surface area (Å²) in [4.78, 5) is 2.37. The molecule has 9 heteroatoms. The molecule has 0 aromatic heterocycles. The van der Waals surface area contributed by atoms with Crippen molar-refractivity contribution in [2.75, 3.05) is 34.4 Å². The molecular formula is C35H37ClN2O6. The van der Waals surface area contributed by atoms with Crippen LogP contribution in [0.5, 0.6) is 46.0 Å². The molecule has 44 heavy (non-hydrogen) atoms. The quantitative estimate of drug-likeness (QED) is 0.231. The van der Waals surface area contributed by atoms with Crippen molar-refractivity contribution in [3.05, 3.63) is 94.0 Å². The van der Waals surface area contributed by atoms with E-state index in [2.05, 4.69) is 41.5 Å². The molecule has 0 radical (unpaired) electrons. The highest BCUT2D eigenvalue weighted by molar-refractivity contribution is 5.85. The first-order chi connectivity index (χ1) is 20.9. The lowest BCUT2D eigenvalue weighted by Crippen LogP contribution is -2.33. The molecule has 4 aliphatic rings. The van der Waals surface area contributed by atoms with Crippen LogP contribution in [0.15, 0.2) is 60.7 Å². The summed E-state index contributed by atoms with van der Waals surface area (Å²) in [5.74, 6) is 2.99. The van der Waals surface area contributed by atoms with Gasteiger partial charge in [0.05, 0.1) is 14.2 Å². The molecule has 3 N–H and O–H groups in total. The van der Waals surface area contributed by atoms with Gasteiger partial charge in [0.25, 0.3) is 0 Å². The van der Waals surface area contributed by atoms with Crippen molar-refractivity contribution in [3.63, 3.8) is 0 Å². The van der Waals surface area contributed by atoms with Gasteiger partial charge in [-0.3, -0.25) is 4.90 Å². The van der Waals surface area contributed by atoms with Gasteiger partial charge >= 0.3 is 0 Å². The molecule has 0 aliphatic carbocycles. The van der Waals surface area contributed by atoms with Crippen LogP contribution in [-0.4, -0.2) is 49.5 Å². The van der Waals surface area contributed by atoms with Crippen molar-refractivity contribution in [2.24, 2.45) is 0 Å². The minimum absolute atomic E-state index is 0. The number of nitrogens with one attached hydrogen (secondary N) is 1. The zero-order chi connectivity index (χ0) is 29.7. The van der Waals surface area contributed by atoms with E-state index in [0.717, 1.165) is 49.0 Å². The largest absolute Gasteiger partial charge is 0.504 e. The van der Waals surface area contributed by atoms with Crippen molar-refractivity contribution in [1.29, 1.82) is 0 Å². The maximum Gasteiger partial charge on any atom is 0.201 e. The van der Waals surface area contributed by atoms with Crippen LogP contribution in [0.4, 0.5) is 0 Å². The van der Waals surface area contributed by atoms with E-state index in [1.165, 1.54) is 16.7 Å². The SMILES string of the molecule is COc1cc2c3cc1Oc1c(O)c(OC)cc4c1[C@@H](Cc1ccc(O)c(c1)Oc1ccc(cc1)C[C@@H]3N(C)CC2)NCC4.Cl. The topological polar surface area (TPSA) is 92.7 Å². The van der Waals surface area contributed by atoms with E-state index in [1.807, 2.05) is 30.3 Å². The van der Waals surface area contributed by atoms with E-state index in [-0.39, 0.29) is 36.0 Å². The molecule has 0 amide bonds. The first-order valence-electron chi connectivity index (χ1n) is 14.8. The fraction of sp³-hybridized carbons (Fsp3) is 0.314. The van der Waals surface area contributed by atoms with Crippen molar-refractivity contribution in [2.45, 2.75) is 37.8 Å². The number of fused-ring (bicyclic) bond motifs is 2. The monoisotopic (exact) mass is 616 g/mol. The number of hydrogen-bond acceptors (Lipinski definition) is 8. The molecule has 0 fully saturated rings. The number of halogens is 1. The Kier molecular flexibility index (Phi) is 8.24. The minimum atomic E-state index is -0.173. The fourth-order valence-corrected chi connectivity index (χ4v) is 6.69. The van der Waals surface area contributed by atoms with Gasteiger partial charge in [-0.2, -0.15) is 0 Å². The van der Waals surface area contributed by atoms with E-state index >= 15 is 0 Å². The Morgan fingerprint density at radius 2 is 1.57 bits per heavy atom. The number of rotatable bonds is 2. The molecule has 8 rings (SSSR count). The number of aromatic hydroxyl groups is 2. The number of benzene rings is 4. The highest BCUT2D eigenvalue weighted by atomic mass is 35.5. The van der Waals surface area contributed by atoms with E-state index in [4.69, 9.17) is 18.9 Å². The van der Waals surface area contributed by atoms with Crippen LogP contribution in [0, 0.1) is 0 Å². The van der Waals surface area contributed by atoms with Crippen LogP contribution in [0.1, 0.15) is 45.5 Å². The van der Waals surface area contributed by atoms with Gasteiger partial charge in [0.1, 0.15) is 5.75 Å². The second kappa shape index (κ2) is 12.1. The molecule has 8 nitrogen and oxygen atoms in total. The molecule has 0 spiro atoms. The number of phenols is 2. The average Bonchev–Trinajstić information content (AvgIpc) is 3.01. The lowest BCUT2D eigenvalue weighted by atomic mass is 9.88. The van der Waals surface area contributed by atoms with Crippen LogP contribution in [0.25, 0.3) is 0 Å². The second-order valence-electron chi connectivity index (χ2n) is 11.6. The van der Waals surface area contributed by atoms with E-state index < -0.39 is 0 Å². The van der Waals surface area contributed by atoms with Crippen LogP contribution >= 0.6 is 12.4 Å². The second-order valence-corrected chi connectivity index (χ2v) is 11.6. The summed E-state index contributed by atoms with van der Waals surface area (Å²) in [5.41, 5.74) is 6.47. The maximum atomic E-state index is 11.5. The summed E-state index contributed by atoms with van der Waals surface area (Å²) in [7, 11) is 5.35. The standard InChI is InChI=1S/C35H36N2O6.ClH/c1-37-13-11-22-17-30(40-2)31-19-25(22)27(37)15-20-4-7-24(8-5-20)42-29-16-21(6-9-28(29)38)14-26-33-23(10-12-36-26)18-32(41-3)34(39)35(33)43-31;/h4-9,16-19,26-27,36,38-39H,10-15H2,1-3H3;1H/t26-,27+;/m1./s1. The number of methoxy groups -OCH3 is 2. The van der Waals surface area contributed by atoms with Gasteiger partial charge in [-0.25, -0.2) is 0 Å². The van der Waals surface area contributed by atoms with E-state index in [0.29, 0.717) is 40.9 Å². The lowest BCUT2D eigenvalue weighted by molar-refractivity contribution is 0.228. The third-order valence-corrected chi connectivity index (χ3v) is 9.00. The number of ether oxygens (including phenoxy) is 4. The molecule has 0 unspecified atom stereocenters. The minimum Gasteiger partial charge on any atom is -0.504 e. The number of nitrogens with zero attached hydrogens (tertiary/aromatic N) is 1. The van der Waals surface area contributed by atoms with Crippen molar-refractivity contribution >= 4 is 12.4 Å². The Balaban J connectivity index is 0.00000343. The predicted octanol–water partition coefficient (Wildman–Crippen LogP) is 6.64. The Hall–Kier alpha value is -4.11. The summed E-state index contributed by atoms with van der Waals surface area (Å²) in [6.45, 7) is 1.68. The van der Waals surface area contributed by atoms with Crippen molar-refractivity contribution in [3.8, 4) is 46.0 Å². The Labute approximate surface area is 263 Å². The fourth-order valence-electron chi connectivity index (χ4n) is 6.69. The summed E-state index contributed by atoms with van der Waals surface area (Å²) in [5, 5.41) is 25.8. The first-order valence-corrected chi connectivity index (χ1v) is 14.8. The summed E-state index contributed by atoms with van der Waals surface area (Å²) in [6.07, 6.45) is 3.03. The highest BCUT2D eigenvalue weighted by Crippen LogP contribution is 2.50. The van der Waals surface area contributed by atoms with Gasteiger partial charge < -0.3 is 34.5 Å². The molecule has 4 aromatic rings. The Morgan fingerprint density at radius 1 is 0.818 bits per heavy atom. The Morgan fingerprint density at radius 3 is 2.34 bits per heavy atom. The zero-order valence-corrected chi connectivity index (χ0v) is 25.9. The summed E-state index contributed by atoms with van der Waals surface area (Å²) in [6, 6.07) is 19.5. The van der Waals surface area contributed by atoms with Gasteiger partial charge in [0.2, 0.25) is 5.75 Å². The predicted molar refractivity (Wildman–Crippen MR) is 171 cm³/mol. The molecule has 2 atom stereocenters. The van der Waals surface area contributed by atoms with Crippen LogP contribution in [-0.2, 0) is 25.7 Å². The third kappa shape index (κ3) is 5.38. The highest BCUT2D eigenvalue weighted by Gasteiger charge is 2.32. The van der Waals surface area contributed by atoms with Gasteiger partial charge in [0.15, 0.2) is 34.5 Å². The molecule has 6 bridgehead atoms. The van der Waals surface area contributed by atoms with E-state index in [9.17, 15) is 10.2 Å². The zero-order valence-electron chi connectivity index (χ0n) is 25.1. The van der Waals surface area contributed by atoms with Crippen LogP contribution in [0.3, 0.4) is 0 Å². The smallest absolute Gasteiger partial charge is 0.201 e. The van der Waals surface area contributed by atoms with Crippen LogP contribution < -0.4 is 24.3 Å². The van der Waals surface area contributed by atoms with Gasteiger partial charge in [-0.1, -0.05) is 18.2 Å². The number of hydrogen-bond donors (Lipinski definition) is 3. The van der Waals surface area contributed by atoms with Crippen molar-refractivity contribution < 1.29 is 29.2 Å². The average molecular weight is 617 g/mol. The lowest BCUT2D eigenvalue weighted by Gasteiger charge is -2.35. The van der Waals surface area contributed by atoms with Crippen molar-refractivity contribution in [1.82, 2.24) is 10.2 Å². The molecule has 4 aliphatic heterocycles. The van der Waals surface area contributed by atoms with Gasteiger partial charge in [-0.05, 0) is 110 Å². The molecule has 4 aromatic carbocycles. The third-order valence-electron chi connectivity index (χ3n) is 9.00. The Bertz CT molecular complexity index is 1690. The first kappa shape index (κ1) is 29.9. The number of likely N-dealkylation sites (N-methyl/N-ethyl adjacent to an activating group) is 1.